The Morgan fingerprint density at radius 1 is 1.09 bits per heavy atom. The Morgan fingerprint density at radius 2 is 2.00 bits per heavy atom. The lowest BCUT2D eigenvalue weighted by atomic mass is 9.87. The minimum absolute atomic E-state index is 0.225. The zero-order valence-electron chi connectivity index (χ0n) is 18.5. The lowest BCUT2D eigenvalue weighted by Gasteiger charge is -2.32. The number of nitrogens with one attached hydrogen (secondary N) is 2. The predicted molar refractivity (Wildman–Crippen MR) is 126 cm³/mol. The van der Waals surface area contributed by atoms with Gasteiger partial charge in [0.2, 0.25) is 0 Å². The summed E-state index contributed by atoms with van der Waals surface area (Å²) in [4.78, 5) is 17.6. The highest BCUT2D eigenvalue weighted by Crippen LogP contribution is 2.34. The summed E-state index contributed by atoms with van der Waals surface area (Å²) in [6, 6.07) is 13.4. The van der Waals surface area contributed by atoms with E-state index in [-0.39, 0.29) is 5.91 Å². The number of nitrogens with zero attached hydrogens (tertiary/aromatic N) is 3. The van der Waals surface area contributed by atoms with Gasteiger partial charge in [0.15, 0.2) is 0 Å². The summed E-state index contributed by atoms with van der Waals surface area (Å²) in [6.07, 6.45) is 6.55. The topological polar surface area (TPSA) is 64.3 Å². The van der Waals surface area contributed by atoms with Gasteiger partial charge in [-0.15, -0.1) is 0 Å². The minimum atomic E-state index is 0.225. The Balaban J connectivity index is 1.11. The van der Waals surface area contributed by atoms with E-state index in [1.807, 2.05) is 6.20 Å². The zero-order valence-corrected chi connectivity index (χ0v) is 18.5. The van der Waals surface area contributed by atoms with Crippen LogP contribution >= 0.6 is 0 Å². The van der Waals surface area contributed by atoms with E-state index in [4.69, 9.17) is 0 Å². The Kier molecular flexibility index (Phi) is 5.20. The number of benzene rings is 2. The fraction of sp³-hybridized carbons (Fsp3) is 0.462. The molecule has 0 saturated carbocycles. The van der Waals surface area contributed by atoms with E-state index in [1.165, 1.54) is 34.9 Å². The van der Waals surface area contributed by atoms with Gasteiger partial charge in [-0.1, -0.05) is 24.3 Å². The van der Waals surface area contributed by atoms with Crippen LogP contribution < -0.4 is 5.32 Å². The van der Waals surface area contributed by atoms with Crippen molar-refractivity contribution in [1.82, 2.24) is 25.3 Å². The molecule has 0 bridgehead atoms. The van der Waals surface area contributed by atoms with Gasteiger partial charge >= 0.3 is 0 Å². The van der Waals surface area contributed by atoms with Crippen molar-refractivity contribution in [3.63, 3.8) is 0 Å². The van der Waals surface area contributed by atoms with Gasteiger partial charge in [-0.25, -0.2) is 0 Å². The van der Waals surface area contributed by atoms with Gasteiger partial charge in [-0.05, 0) is 80.1 Å². The fourth-order valence-corrected chi connectivity index (χ4v) is 5.84. The number of likely N-dealkylation sites (tertiary alicyclic amines) is 1. The van der Waals surface area contributed by atoms with E-state index < -0.39 is 0 Å². The van der Waals surface area contributed by atoms with Crippen LogP contribution in [0.3, 0.4) is 0 Å². The number of aromatic amines is 1. The molecule has 3 aliphatic rings. The van der Waals surface area contributed by atoms with Crippen LogP contribution in [-0.4, -0.2) is 58.1 Å². The maximum atomic E-state index is 13.0. The largest absolute Gasteiger partial charge is 0.330 e. The highest BCUT2D eigenvalue weighted by atomic mass is 16.2. The van der Waals surface area contributed by atoms with Crippen LogP contribution in [0.15, 0.2) is 42.6 Å². The van der Waals surface area contributed by atoms with E-state index in [0.29, 0.717) is 12.0 Å². The third-order valence-electron chi connectivity index (χ3n) is 7.70. The molecule has 3 aliphatic heterocycles. The molecule has 3 aromatic rings. The molecule has 0 aliphatic carbocycles. The molecule has 6 nitrogen and oxygen atoms in total. The van der Waals surface area contributed by atoms with Gasteiger partial charge in [0.25, 0.3) is 5.91 Å². The first-order valence-corrected chi connectivity index (χ1v) is 12.0. The molecular weight excluding hydrogens is 398 g/mol. The third kappa shape index (κ3) is 3.61. The summed E-state index contributed by atoms with van der Waals surface area (Å²) < 4.78 is 0. The highest BCUT2D eigenvalue weighted by molar-refractivity contribution is 5.98. The summed E-state index contributed by atoms with van der Waals surface area (Å²) >= 11 is 0. The van der Waals surface area contributed by atoms with E-state index in [2.05, 4.69) is 61.7 Å². The quantitative estimate of drug-likeness (QED) is 0.665. The molecule has 1 amide bonds. The van der Waals surface area contributed by atoms with Crippen LogP contribution in [0.2, 0.25) is 0 Å². The fourth-order valence-electron chi connectivity index (χ4n) is 5.84. The summed E-state index contributed by atoms with van der Waals surface area (Å²) in [7, 11) is 0. The van der Waals surface area contributed by atoms with Gasteiger partial charge in [-0.3, -0.25) is 14.8 Å². The number of amides is 1. The summed E-state index contributed by atoms with van der Waals surface area (Å²) in [6.45, 7) is 5.97. The maximum absolute atomic E-state index is 13.0. The molecule has 2 N–H and O–H groups in total. The molecule has 2 aromatic carbocycles. The SMILES string of the molecule is O=C1c2ccc(C3CCN(Cc4cccc5[nH]ncc45)CC3)cc2CN1C1CCCNC1. The van der Waals surface area contributed by atoms with Crippen molar-refractivity contribution in [3.8, 4) is 0 Å². The number of carbonyl (C=O) groups is 1. The van der Waals surface area contributed by atoms with Crippen LogP contribution in [0, 0.1) is 0 Å². The van der Waals surface area contributed by atoms with Crippen molar-refractivity contribution in [2.24, 2.45) is 0 Å². The molecule has 1 unspecified atom stereocenters. The lowest BCUT2D eigenvalue weighted by molar-refractivity contribution is 0.0674. The first-order valence-electron chi connectivity index (χ1n) is 12.0. The Labute approximate surface area is 189 Å². The summed E-state index contributed by atoms with van der Waals surface area (Å²) in [5.74, 6) is 0.810. The molecule has 2 fully saturated rings. The molecule has 0 radical (unpaired) electrons. The average molecular weight is 430 g/mol. The Hall–Kier alpha value is -2.70. The molecule has 6 heteroatoms. The van der Waals surface area contributed by atoms with Crippen molar-refractivity contribution >= 4 is 16.8 Å². The second kappa shape index (κ2) is 8.34. The van der Waals surface area contributed by atoms with Crippen LogP contribution in [-0.2, 0) is 13.1 Å². The van der Waals surface area contributed by atoms with E-state index in [0.717, 1.165) is 63.2 Å². The molecule has 32 heavy (non-hydrogen) atoms. The van der Waals surface area contributed by atoms with Crippen molar-refractivity contribution in [3.05, 3.63) is 64.8 Å². The number of carbonyl (C=O) groups excluding carboxylic acids is 1. The van der Waals surface area contributed by atoms with Crippen molar-refractivity contribution in [2.45, 2.75) is 50.7 Å². The second-order valence-corrected chi connectivity index (χ2v) is 9.65. The molecule has 1 aromatic heterocycles. The normalized spacial score (nSPS) is 22.6. The van der Waals surface area contributed by atoms with Gasteiger partial charge in [-0.2, -0.15) is 5.10 Å². The molecular formula is C26H31N5O. The maximum Gasteiger partial charge on any atom is 0.254 e. The Morgan fingerprint density at radius 3 is 2.84 bits per heavy atom. The van der Waals surface area contributed by atoms with Gasteiger partial charge in [0, 0.05) is 36.6 Å². The standard InChI is InChI=1S/C26H31N5O/c32-26-23-7-6-19(13-21(23)17-31(26)22-4-2-10-27-14-22)18-8-11-30(12-9-18)16-20-3-1-5-25-24(20)15-28-29-25/h1,3,5-7,13,15,18,22,27H,2,4,8-12,14,16-17H2,(H,28,29). The van der Waals surface area contributed by atoms with Crippen molar-refractivity contribution in [2.75, 3.05) is 26.2 Å². The first kappa shape index (κ1) is 19.9. The number of rotatable bonds is 4. The number of aromatic nitrogens is 2. The average Bonchev–Trinajstić information content (AvgIpc) is 3.45. The van der Waals surface area contributed by atoms with Gasteiger partial charge in [0.05, 0.1) is 11.7 Å². The van der Waals surface area contributed by atoms with Crippen molar-refractivity contribution < 1.29 is 4.79 Å². The van der Waals surface area contributed by atoms with Gasteiger partial charge in [0.1, 0.15) is 0 Å². The molecule has 166 valence electrons. The van der Waals surface area contributed by atoms with E-state index >= 15 is 0 Å². The lowest BCUT2D eigenvalue weighted by Crippen LogP contribution is -2.46. The molecule has 0 spiro atoms. The number of hydrogen-bond donors (Lipinski definition) is 2. The zero-order chi connectivity index (χ0) is 21.5. The molecule has 4 heterocycles. The molecule has 1 atom stereocenters. The number of hydrogen-bond acceptors (Lipinski definition) is 4. The smallest absolute Gasteiger partial charge is 0.254 e. The monoisotopic (exact) mass is 429 g/mol. The summed E-state index contributed by atoms with van der Waals surface area (Å²) in [5, 5.41) is 12.0. The summed E-state index contributed by atoms with van der Waals surface area (Å²) in [5.41, 5.74) is 6.03. The van der Waals surface area contributed by atoms with Crippen LogP contribution in [0.1, 0.15) is 58.6 Å². The highest BCUT2D eigenvalue weighted by Gasteiger charge is 2.34. The van der Waals surface area contributed by atoms with Gasteiger partial charge < -0.3 is 10.2 Å². The van der Waals surface area contributed by atoms with Crippen LogP contribution in [0.4, 0.5) is 0 Å². The molecule has 6 rings (SSSR count). The molecule has 2 saturated heterocycles. The predicted octanol–water partition coefficient (Wildman–Crippen LogP) is 3.65. The van der Waals surface area contributed by atoms with Crippen LogP contribution in [0.25, 0.3) is 10.9 Å². The van der Waals surface area contributed by atoms with Crippen molar-refractivity contribution in [1.29, 1.82) is 0 Å². The van der Waals surface area contributed by atoms with E-state index in [9.17, 15) is 4.79 Å². The van der Waals surface area contributed by atoms with E-state index in [1.54, 1.807) is 0 Å². The number of fused-ring (bicyclic) bond motifs is 2. The second-order valence-electron chi connectivity index (χ2n) is 9.65. The van der Waals surface area contributed by atoms with Crippen LogP contribution in [0.5, 0.6) is 0 Å². The third-order valence-corrected chi connectivity index (χ3v) is 7.70. The number of H-pyrrole nitrogens is 1. The Bertz CT molecular complexity index is 1120. The number of piperidine rings is 2. The minimum Gasteiger partial charge on any atom is -0.330 e. The first-order chi connectivity index (χ1) is 15.8.